The second kappa shape index (κ2) is 5.00. The predicted octanol–water partition coefficient (Wildman–Crippen LogP) is 2.11. The van der Waals surface area contributed by atoms with Crippen molar-refractivity contribution in [1.82, 2.24) is 9.97 Å². The summed E-state index contributed by atoms with van der Waals surface area (Å²) < 4.78 is 18.0. The molecule has 5 heteroatoms. The largest absolute Gasteiger partial charge is 0.481 e. The van der Waals surface area contributed by atoms with Gasteiger partial charge < -0.3 is 10.5 Å². The zero-order valence-corrected chi connectivity index (χ0v) is 10.3. The number of nitrogens with two attached hydrogens (primary N) is 1. The van der Waals surface area contributed by atoms with E-state index < -0.39 is 0 Å². The topological polar surface area (TPSA) is 61.0 Å². The second-order valence-electron chi connectivity index (χ2n) is 3.99. The number of methoxy groups -OCH3 is 1. The highest BCUT2D eigenvalue weighted by molar-refractivity contribution is 5.48. The van der Waals surface area contributed by atoms with E-state index in [2.05, 4.69) is 9.97 Å². The number of aryl methyl sites for hydroxylation is 1. The summed E-state index contributed by atoms with van der Waals surface area (Å²) >= 11 is 0. The van der Waals surface area contributed by atoms with Gasteiger partial charge in [0.2, 0.25) is 5.88 Å². The minimum absolute atomic E-state index is 0.348. The Hall–Kier alpha value is -2.17. The molecule has 1 aromatic heterocycles. The quantitative estimate of drug-likeness (QED) is 0.844. The van der Waals surface area contributed by atoms with Crippen LogP contribution in [0.4, 0.5) is 10.1 Å². The van der Waals surface area contributed by atoms with E-state index in [9.17, 15) is 4.39 Å². The maximum atomic E-state index is 12.9. The molecular formula is C13H14FN3O. The van der Waals surface area contributed by atoms with Gasteiger partial charge >= 0.3 is 0 Å². The Morgan fingerprint density at radius 3 is 2.72 bits per heavy atom. The maximum absolute atomic E-state index is 12.9. The van der Waals surface area contributed by atoms with Crippen molar-refractivity contribution in [3.8, 4) is 5.88 Å². The van der Waals surface area contributed by atoms with Crippen molar-refractivity contribution >= 4 is 5.69 Å². The van der Waals surface area contributed by atoms with Crippen LogP contribution in [-0.4, -0.2) is 17.1 Å². The van der Waals surface area contributed by atoms with Crippen LogP contribution >= 0.6 is 0 Å². The molecule has 0 saturated heterocycles. The maximum Gasteiger partial charge on any atom is 0.216 e. The number of halogens is 1. The number of benzene rings is 1. The van der Waals surface area contributed by atoms with E-state index in [0.717, 1.165) is 11.3 Å². The first-order valence-electron chi connectivity index (χ1n) is 5.51. The van der Waals surface area contributed by atoms with Crippen LogP contribution in [0.15, 0.2) is 24.3 Å². The summed E-state index contributed by atoms with van der Waals surface area (Å²) in [6.07, 6.45) is 0.449. The van der Waals surface area contributed by atoms with Crippen LogP contribution in [0.25, 0.3) is 0 Å². The van der Waals surface area contributed by atoms with Gasteiger partial charge in [0, 0.05) is 23.9 Å². The summed E-state index contributed by atoms with van der Waals surface area (Å²) in [5, 5.41) is 0. The molecule has 0 atom stereocenters. The molecule has 94 valence electrons. The molecule has 0 spiro atoms. The number of ether oxygens (including phenoxy) is 1. The Labute approximate surface area is 105 Å². The third-order valence-corrected chi connectivity index (χ3v) is 2.54. The Morgan fingerprint density at radius 2 is 2.06 bits per heavy atom. The van der Waals surface area contributed by atoms with Crippen LogP contribution in [0.5, 0.6) is 5.88 Å². The van der Waals surface area contributed by atoms with E-state index >= 15 is 0 Å². The SMILES string of the molecule is COc1cc(C)nc(Cc2ccc(F)cc2N)n1. The molecule has 0 fully saturated rings. The van der Waals surface area contributed by atoms with Crippen LogP contribution < -0.4 is 10.5 Å². The normalized spacial score (nSPS) is 10.4. The van der Waals surface area contributed by atoms with Crippen molar-refractivity contribution in [1.29, 1.82) is 0 Å². The molecule has 4 nitrogen and oxygen atoms in total. The molecule has 0 aliphatic carbocycles. The molecule has 0 amide bonds. The average molecular weight is 247 g/mol. The number of hydrogen-bond donors (Lipinski definition) is 1. The Morgan fingerprint density at radius 1 is 1.28 bits per heavy atom. The van der Waals surface area contributed by atoms with Gasteiger partial charge in [0.15, 0.2) is 0 Å². The molecular weight excluding hydrogens is 233 g/mol. The molecule has 0 aliphatic heterocycles. The predicted molar refractivity (Wildman–Crippen MR) is 66.9 cm³/mol. The Bertz CT molecular complexity index is 572. The van der Waals surface area contributed by atoms with Crippen LogP contribution in [0.3, 0.4) is 0 Å². The lowest BCUT2D eigenvalue weighted by Crippen LogP contribution is -2.03. The van der Waals surface area contributed by atoms with Crippen molar-refractivity contribution in [2.45, 2.75) is 13.3 Å². The van der Waals surface area contributed by atoms with Gasteiger partial charge in [-0.3, -0.25) is 0 Å². The molecule has 0 unspecified atom stereocenters. The van der Waals surface area contributed by atoms with Crippen LogP contribution in [0.1, 0.15) is 17.1 Å². The van der Waals surface area contributed by atoms with E-state index in [1.807, 2.05) is 6.92 Å². The molecule has 0 radical (unpaired) electrons. The summed E-state index contributed by atoms with van der Waals surface area (Å²) in [5.41, 5.74) is 7.77. The minimum Gasteiger partial charge on any atom is -0.481 e. The van der Waals surface area contributed by atoms with Crippen LogP contribution in [0, 0.1) is 12.7 Å². The van der Waals surface area contributed by atoms with Crippen LogP contribution in [-0.2, 0) is 6.42 Å². The van der Waals surface area contributed by atoms with Gasteiger partial charge in [-0.2, -0.15) is 4.98 Å². The first kappa shape index (κ1) is 12.3. The van der Waals surface area contributed by atoms with E-state index in [4.69, 9.17) is 10.5 Å². The molecule has 2 aromatic rings. The summed E-state index contributed by atoms with van der Waals surface area (Å²) in [4.78, 5) is 8.53. The molecule has 0 aliphatic rings. The van der Waals surface area contributed by atoms with Gasteiger partial charge in [-0.05, 0) is 24.6 Å². The number of nitrogen functional groups attached to an aromatic ring is 1. The highest BCUT2D eigenvalue weighted by Gasteiger charge is 2.07. The van der Waals surface area contributed by atoms with Crippen molar-refractivity contribution < 1.29 is 9.13 Å². The lowest BCUT2D eigenvalue weighted by molar-refractivity contribution is 0.394. The summed E-state index contributed by atoms with van der Waals surface area (Å²) in [6.45, 7) is 1.86. The molecule has 1 heterocycles. The lowest BCUT2D eigenvalue weighted by atomic mass is 10.1. The van der Waals surface area contributed by atoms with Gasteiger partial charge in [0.25, 0.3) is 0 Å². The summed E-state index contributed by atoms with van der Waals surface area (Å²) in [6, 6.07) is 6.06. The fourth-order valence-corrected chi connectivity index (χ4v) is 1.68. The minimum atomic E-state index is -0.348. The van der Waals surface area contributed by atoms with Gasteiger partial charge in [-0.25, -0.2) is 9.37 Å². The third-order valence-electron chi connectivity index (χ3n) is 2.54. The van der Waals surface area contributed by atoms with Gasteiger partial charge in [-0.15, -0.1) is 0 Å². The highest BCUT2D eigenvalue weighted by atomic mass is 19.1. The summed E-state index contributed by atoms with van der Waals surface area (Å²) in [5.74, 6) is 0.766. The van der Waals surface area contributed by atoms with Crippen molar-refractivity contribution in [3.05, 3.63) is 47.2 Å². The third kappa shape index (κ3) is 2.74. The number of nitrogens with zero attached hydrogens (tertiary/aromatic N) is 2. The van der Waals surface area contributed by atoms with Crippen molar-refractivity contribution in [2.75, 3.05) is 12.8 Å². The van der Waals surface area contributed by atoms with Gasteiger partial charge in [0.1, 0.15) is 11.6 Å². The first-order chi connectivity index (χ1) is 8.58. The fraction of sp³-hybridized carbons (Fsp3) is 0.231. The molecule has 1 aromatic carbocycles. The number of aromatic nitrogens is 2. The molecule has 2 rings (SSSR count). The monoisotopic (exact) mass is 247 g/mol. The Balaban J connectivity index is 2.30. The first-order valence-corrected chi connectivity index (χ1v) is 5.51. The van der Waals surface area contributed by atoms with Gasteiger partial charge in [0.05, 0.1) is 7.11 Å². The number of rotatable bonds is 3. The lowest BCUT2D eigenvalue weighted by Gasteiger charge is -2.07. The zero-order valence-electron chi connectivity index (χ0n) is 10.3. The second-order valence-corrected chi connectivity index (χ2v) is 3.99. The van der Waals surface area contributed by atoms with E-state index in [1.54, 1.807) is 19.2 Å². The molecule has 0 saturated carbocycles. The highest BCUT2D eigenvalue weighted by Crippen LogP contribution is 2.17. The average Bonchev–Trinajstić information content (AvgIpc) is 2.32. The van der Waals surface area contributed by atoms with E-state index in [1.165, 1.54) is 12.1 Å². The van der Waals surface area contributed by atoms with Gasteiger partial charge in [-0.1, -0.05) is 6.07 Å². The van der Waals surface area contributed by atoms with Crippen molar-refractivity contribution in [2.24, 2.45) is 0 Å². The molecule has 18 heavy (non-hydrogen) atoms. The molecule has 2 N–H and O–H groups in total. The van der Waals surface area contributed by atoms with E-state index in [0.29, 0.717) is 23.8 Å². The molecule has 0 bridgehead atoms. The fourth-order valence-electron chi connectivity index (χ4n) is 1.68. The zero-order chi connectivity index (χ0) is 13.1. The standard InChI is InChI=1S/C13H14FN3O/c1-8-5-13(18-2)17-12(16-8)6-9-3-4-10(14)7-11(9)15/h3-5,7H,6,15H2,1-2H3. The van der Waals surface area contributed by atoms with Crippen molar-refractivity contribution in [3.63, 3.8) is 0 Å². The van der Waals surface area contributed by atoms with Crippen LogP contribution in [0.2, 0.25) is 0 Å². The number of hydrogen-bond acceptors (Lipinski definition) is 4. The van der Waals surface area contributed by atoms with E-state index in [-0.39, 0.29) is 5.82 Å². The number of anilines is 1. The smallest absolute Gasteiger partial charge is 0.216 e. The summed E-state index contributed by atoms with van der Waals surface area (Å²) in [7, 11) is 1.55. The Kier molecular flexibility index (Phi) is 3.41.